The number of sulfone groups is 1. The summed E-state index contributed by atoms with van der Waals surface area (Å²) < 4.78 is 48.4. The third-order valence-electron chi connectivity index (χ3n) is 2.95. The molecule has 0 atom stereocenters. The number of sulfonamides is 1. The molecule has 5 nitrogen and oxygen atoms in total. The van der Waals surface area contributed by atoms with Crippen molar-refractivity contribution in [2.24, 2.45) is 0 Å². The van der Waals surface area contributed by atoms with Crippen molar-refractivity contribution >= 4 is 43.1 Å². The first-order valence-electron chi connectivity index (χ1n) is 5.65. The number of hydrogen-bond donors (Lipinski definition) is 0. The van der Waals surface area contributed by atoms with Crippen molar-refractivity contribution in [2.75, 3.05) is 36.4 Å². The summed E-state index contributed by atoms with van der Waals surface area (Å²) in [6, 6.07) is 0. The summed E-state index contributed by atoms with van der Waals surface area (Å²) >= 11 is 11.2. The highest BCUT2D eigenvalue weighted by Crippen LogP contribution is 2.22. The summed E-state index contributed by atoms with van der Waals surface area (Å²) in [4.78, 5) is 0. The van der Waals surface area contributed by atoms with E-state index in [1.54, 1.807) is 0 Å². The predicted octanol–water partition coefficient (Wildman–Crippen LogP) is 0.673. The van der Waals surface area contributed by atoms with Crippen molar-refractivity contribution in [2.45, 2.75) is 18.1 Å². The molecule has 18 heavy (non-hydrogen) atoms. The Morgan fingerprint density at radius 2 is 1.50 bits per heavy atom. The van der Waals surface area contributed by atoms with Crippen LogP contribution in [0.5, 0.6) is 0 Å². The Labute approximate surface area is 118 Å². The first kappa shape index (κ1) is 16.5. The van der Waals surface area contributed by atoms with Crippen LogP contribution in [0.25, 0.3) is 0 Å². The van der Waals surface area contributed by atoms with Gasteiger partial charge in [-0.3, -0.25) is 0 Å². The van der Waals surface area contributed by atoms with Gasteiger partial charge in [-0.2, -0.15) is 4.31 Å². The van der Waals surface area contributed by atoms with E-state index in [9.17, 15) is 16.8 Å². The Bertz CT molecular complexity index is 443. The van der Waals surface area contributed by atoms with Gasteiger partial charge in [0.2, 0.25) is 10.0 Å². The molecule has 0 amide bonds. The van der Waals surface area contributed by atoms with Gasteiger partial charge < -0.3 is 0 Å². The van der Waals surface area contributed by atoms with Crippen LogP contribution in [0.4, 0.5) is 0 Å². The van der Waals surface area contributed by atoms with Crippen LogP contribution in [-0.2, 0) is 19.9 Å². The molecule has 0 N–H and O–H groups in total. The van der Waals surface area contributed by atoms with Crippen LogP contribution in [0.15, 0.2) is 0 Å². The lowest BCUT2D eigenvalue weighted by Gasteiger charge is -2.28. The maximum atomic E-state index is 12.3. The maximum Gasteiger partial charge on any atom is 0.217 e. The van der Waals surface area contributed by atoms with Gasteiger partial charge in [0.05, 0.1) is 16.8 Å². The van der Waals surface area contributed by atoms with Gasteiger partial charge in [0.15, 0.2) is 0 Å². The van der Waals surface area contributed by atoms with E-state index in [-0.39, 0.29) is 49.2 Å². The van der Waals surface area contributed by atoms with Crippen LogP contribution in [-0.4, -0.2) is 62.7 Å². The lowest BCUT2D eigenvalue weighted by molar-refractivity contribution is 0.433. The molecule has 0 spiro atoms. The van der Waals surface area contributed by atoms with Gasteiger partial charge in [-0.05, 0) is 12.8 Å². The standard InChI is InChI=1S/C9H17Cl2NO4S2/c10-3-5-12(6-4-11)18(15,16)9-1-7-17(13,14)8-2-9/h9H,1-8H2. The molecule has 1 heterocycles. The fraction of sp³-hybridized carbons (Fsp3) is 1.00. The minimum Gasteiger partial charge on any atom is -0.229 e. The highest BCUT2D eigenvalue weighted by atomic mass is 35.5. The SMILES string of the molecule is O=S1(=O)CCC(S(=O)(=O)N(CCCl)CCCl)CC1. The minimum atomic E-state index is -3.50. The van der Waals surface area contributed by atoms with Crippen LogP contribution in [0.3, 0.4) is 0 Å². The molecule has 0 bridgehead atoms. The van der Waals surface area contributed by atoms with Gasteiger partial charge in [0, 0.05) is 24.8 Å². The molecular weight excluding hydrogens is 321 g/mol. The van der Waals surface area contributed by atoms with E-state index < -0.39 is 25.1 Å². The Hall–Kier alpha value is 0.440. The molecule has 0 aromatic carbocycles. The number of alkyl halides is 2. The van der Waals surface area contributed by atoms with Crippen molar-refractivity contribution in [1.82, 2.24) is 4.31 Å². The van der Waals surface area contributed by atoms with E-state index in [2.05, 4.69) is 0 Å². The summed E-state index contributed by atoms with van der Waals surface area (Å²) in [6.45, 7) is 0.416. The molecule has 1 saturated heterocycles. The van der Waals surface area contributed by atoms with E-state index in [1.807, 2.05) is 0 Å². The quantitative estimate of drug-likeness (QED) is 0.668. The molecule has 1 rings (SSSR count). The summed E-state index contributed by atoms with van der Waals surface area (Å²) in [5, 5.41) is -0.632. The second-order valence-corrected chi connectivity index (χ2v) is 9.45. The van der Waals surface area contributed by atoms with E-state index in [0.29, 0.717) is 0 Å². The van der Waals surface area contributed by atoms with Gasteiger partial charge in [-0.25, -0.2) is 16.8 Å². The van der Waals surface area contributed by atoms with Crippen LogP contribution in [0.1, 0.15) is 12.8 Å². The fourth-order valence-corrected chi connectivity index (χ4v) is 6.27. The maximum absolute atomic E-state index is 12.3. The first-order chi connectivity index (χ1) is 8.33. The third kappa shape index (κ3) is 4.23. The second-order valence-electron chi connectivity index (χ2n) is 4.17. The first-order valence-corrected chi connectivity index (χ1v) is 10.0. The van der Waals surface area contributed by atoms with Crippen molar-refractivity contribution in [3.05, 3.63) is 0 Å². The Morgan fingerprint density at radius 3 is 1.89 bits per heavy atom. The highest BCUT2D eigenvalue weighted by Gasteiger charge is 2.36. The average molecular weight is 338 g/mol. The molecule has 0 unspecified atom stereocenters. The molecule has 1 aliphatic rings. The fourth-order valence-electron chi connectivity index (χ4n) is 1.93. The molecule has 108 valence electrons. The molecule has 9 heteroatoms. The third-order valence-corrected chi connectivity index (χ3v) is 7.40. The largest absolute Gasteiger partial charge is 0.229 e. The zero-order chi connectivity index (χ0) is 13.8. The summed E-state index contributed by atoms with van der Waals surface area (Å²) in [5.41, 5.74) is 0. The van der Waals surface area contributed by atoms with Crippen LogP contribution in [0.2, 0.25) is 0 Å². The summed E-state index contributed by atoms with van der Waals surface area (Å²) in [6.07, 6.45) is 0.317. The molecule has 0 saturated carbocycles. The second kappa shape index (κ2) is 6.74. The van der Waals surface area contributed by atoms with Gasteiger partial charge in [0.1, 0.15) is 9.84 Å². The van der Waals surface area contributed by atoms with E-state index in [0.717, 1.165) is 0 Å². The number of halogens is 2. The monoisotopic (exact) mass is 337 g/mol. The Kier molecular flexibility index (Phi) is 6.18. The lowest BCUT2D eigenvalue weighted by Crippen LogP contribution is -2.44. The molecule has 0 aromatic heterocycles. The van der Waals surface area contributed by atoms with Gasteiger partial charge >= 0.3 is 0 Å². The number of rotatable bonds is 6. The zero-order valence-electron chi connectivity index (χ0n) is 9.89. The van der Waals surface area contributed by atoms with Crippen LogP contribution >= 0.6 is 23.2 Å². The minimum absolute atomic E-state index is 0.0630. The van der Waals surface area contributed by atoms with E-state index in [1.165, 1.54) is 4.31 Å². The molecule has 0 aromatic rings. The molecular formula is C9H17Cl2NO4S2. The topological polar surface area (TPSA) is 71.5 Å². The van der Waals surface area contributed by atoms with Gasteiger partial charge in [-0.1, -0.05) is 0 Å². The molecule has 0 radical (unpaired) electrons. The predicted molar refractivity (Wildman–Crippen MR) is 73.6 cm³/mol. The van der Waals surface area contributed by atoms with E-state index in [4.69, 9.17) is 23.2 Å². The van der Waals surface area contributed by atoms with Crippen molar-refractivity contribution < 1.29 is 16.8 Å². The number of nitrogens with zero attached hydrogens (tertiary/aromatic N) is 1. The molecule has 1 fully saturated rings. The van der Waals surface area contributed by atoms with Crippen molar-refractivity contribution in [1.29, 1.82) is 0 Å². The average Bonchev–Trinajstić information content (AvgIpc) is 2.28. The van der Waals surface area contributed by atoms with Crippen LogP contribution < -0.4 is 0 Å². The highest BCUT2D eigenvalue weighted by molar-refractivity contribution is 7.92. The van der Waals surface area contributed by atoms with Crippen molar-refractivity contribution in [3.8, 4) is 0 Å². The molecule has 0 aliphatic carbocycles. The van der Waals surface area contributed by atoms with Crippen molar-refractivity contribution in [3.63, 3.8) is 0 Å². The zero-order valence-corrected chi connectivity index (χ0v) is 13.0. The summed E-state index contributed by atoms with van der Waals surface area (Å²) in [5.74, 6) is 0.265. The summed E-state index contributed by atoms with van der Waals surface area (Å²) in [7, 11) is -6.56. The van der Waals surface area contributed by atoms with Gasteiger partial charge in [0.25, 0.3) is 0 Å². The number of hydrogen-bond acceptors (Lipinski definition) is 4. The van der Waals surface area contributed by atoms with Gasteiger partial charge in [-0.15, -0.1) is 23.2 Å². The van der Waals surface area contributed by atoms with E-state index >= 15 is 0 Å². The molecule has 1 aliphatic heterocycles. The lowest BCUT2D eigenvalue weighted by atomic mass is 10.2. The Balaban J connectivity index is 2.79. The normalized spacial score (nSPS) is 21.3. The van der Waals surface area contributed by atoms with Crippen LogP contribution in [0, 0.1) is 0 Å². The smallest absolute Gasteiger partial charge is 0.217 e. The Morgan fingerprint density at radius 1 is 1.06 bits per heavy atom.